The second-order valence-electron chi connectivity index (χ2n) is 6.09. The van der Waals surface area contributed by atoms with Crippen LogP contribution in [0.1, 0.15) is 32.3 Å². The van der Waals surface area contributed by atoms with Crippen molar-refractivity contribution < 1.29 is 0 Å². The van der Waals surface area contributed by atoms with Gasteiger partial charge in [0.2, 0.25) is 0 Å². The highest BCUT2D eigenvalue weighted by Crippen LogP contribution is 2.29. The molecular formula is C20H22. The third-order valence-electron chi connectivity index (χ3n) is 4.08. The smallest absolute Gasteiger partial charge is 0.0103 e. The Hall–Kier alpha value is -1.82. The Balaban J connectivity index is 2.09. The lowest BCUT2D eigenvalue weighted by Gasteiger charge is -2.11. The third kappa shape index (κ3) is 2.56. The molecule has 0 aromatic heterocycles. The van der Waals surface area contributed by atoms with Crippen molar-refractivity contribution in [1.29, 1.82) is 0 Å². The largest absolute Gasteiger partial charge is 0.0628 e. The van der Waals surface area contributed by atoms with Gasteiger partial charge >= 0.3 is 0 Å². The second kappa shape index (κ2) is 5.66. The van der Waals surface area contributed by atoms with Crippen LogP contribution < -0.4 is 0 Å². The van der Waals surface area contributed by atoms with Crippen LogP contribution in [0.15, 0.2) is 54.6 Å². The second-order valence-corrected chi connectivity index (χ2v) is 6.09. The van der Waals surface area contributed by atoms with Crippen LogP contribution in [0, 0.1) is 5.92 Å². The molecule has 0 radical (unpaired) electrons. The van der Waals surface area contributed by atoms with E-state index in [4.69, 9.17) is 0 Å². The zero-order valence-electron chi connectivity index (χ0n) is 12.4. The molecule has 0 bridgehead atoms. The number of hydrogen-bond donors (Lipinski definition) is 0. The highest BCUT2D eigenvalue weighted by molar-refractivity contribution is 6.08. The van der Waals surface area contributed by atoms with E-state index in [0.717, 1.165) is 5.92 Å². The predicted octanol–water partition coefficient (Wildman–Crippen LogP) is 5.97. The Morgan fingerprint density at radius 2 is 1.45 bits per heavy atom. The van der Waals surface area contributed by atoms with Crippen LogP contribution in [-0.4, -0.2) is 0 Å². The van der Waals surface area contributed by atoms with Crippen molar-refractivity contribution in [1.82, 2.24) is 0 Å². The first kappa shape index (κ1) is 13.2. The normalized spacial score (nSPS) is 11.6. The van der Waals surface area contributed by atoms with Crippen molar-refractivity contribution in [3.8, 4) is 0 Å². The monoisotopic (exact) mass is 262 g/mol. The van der Waals surface area contributed by atoms with Crippen molar-refractivity contribution in [3.05, 3.63) is 60.2 Å². The molecule has 0 unspecified atom stereocenters. The molecule has 0 aliphatic carbocycles. The van der Waals surface area contributed by atoms with Gasteiger partial charge in [0.05, 0.1) is 0 Å². The van der Waals surface area contributed by atoms with Gasteiger partial charge < -0.3 is 0 Å². The highest BCUT2D eigenvalue weighted by Gasteiger charge is 2.06. The van der Waals surface area contributed by atoms with Crippen LogP contribution in [0.25, 0.3) is 21.5 Å². The molecule has 0 N–H and O–H groups in total. The quantitative estimate of drug-likeness (QED) is 0.508. The summed E-state index contributed by atoms with van der Waals surface area (Å²) in [4.78, 5) is 0. The molecule has 0 heterocycles. The molecule has 0 saturated carbocycles. The van der Waals surface area contributed by atoms with E-state index in [9.17, 15) is 0 Å². The fourth-order valence-corrected chi connectivity index (χ4v) is 3.04. The first-order valence-corrected chi connectivity index (χ1v) is 7.65. The van der Waals surface area contributed by atoms with E-state index in [0.29, 0.717) is 0 Å². The van der Waals surface area contributed by atoms with Gasteiger partial charge in [0.15, 0.2) is 0 Å². The molecule has 0 nitrogen and oxygen atoms in total. The van der Waals surface area contributed by atoms with Crippen molar-refractivity contribution in [2.75, 3.05) is 0 Å². The SMILES string of the molecule is CC(C)CCCc1cc2ccccc2c2ccccc12. The molecule has 0 saturated heterocycles. The maximum atomic E-state index is 2.39. The van der Waals surface area contributed by atoms with Crippen LogP contribution in [0.5, 0.6) is 0 Å². The summed E-state index contributed by atoms with van der Waals surface area (Å²) in [5.74, 6) is 0.793. The van der Waals surface area contributed by atoms with Crippen LogP contribution >= 0.6 is 0 Å². The summed E-state index contributed by atoms with van der Waals surface area (Å²) in [6, 6.07) is 19.9. The van der Waals surface area contributed by atoms with E-state index < -0.39 is 0 Å². The van der Waals surface area contributed by atoms with Crippen LogP contribution in [0.3, 0.4) is 0 Å². The fourth-order valence-electron chi connectivity index (χ4n) is 3.04. The number of fused-ring (bicyclic) bond motifs is 3. The van der Waals surface area contributed by atoms with Gasteiger partial charge in [0.25, 0.3) is 0 Å². The van der Waals surface area contributed by atoms with Gasteiger partial charge in [-0.25, -0.2) is 0 Å². The van der Waals surface area contributed by atoms with Gasteiger partial charge in [0, 0.05) is 0 Å². The summed E-state index contributed by atoms with van der Waals surface area (Å²) < 4.78 is 0. The summed E-state index contributed by atoms with van der Waals surface area (Å²) in [6.07, 6.45) is 3.77. The van der Waals surface area contributed by atoms with E-state index in [1.165, 1.54) is 46.4 Å². The van der Waals surface area contributed by atoms with Crippen molar-refractivity contribution in [3.63, 3.8) is 0 Å². The summed E-state index contributed by atoms with van der Waals surface area (Å²) in [7, 11) is 0. The molecule has 0 aliphatic heterocycles. The molecular weight excluding hydrogens is 240 g/mol. The average molecular weight is 262 g/mol. The van der Waals surface area contributed by atoms with E-state index in [2.05, 4.69) is 68.4 Å². The number of benzene rings is 3. The zero-order chi connectivity index (χ0) is 13.9. The summed E-state index contributed by atoms with van der Waals surface area (Å²) in [5.41, 5.74) is 1.50. The Kier molecular flexibility index (Phi) is 3.73. The molecule has 3 rings (SSSR count). The molecule has 0 amide bonds. The zero-order valence-corrected chi connectivity index (χ0v) is 12.4. The Morgan fingerprint density at radius 1 is 0.800 bits per heavy atom. The van der Waals surface area contributed by atoms with E-state index in [1.807, 2.05) is 0 Å². The topological polar surface area (TPSA) is 0 Å². The number of hydrogen-bond acceptors (Lipinski definition) is 0. The molecule has 0 fully saturated rings. The molecule has 3 aromatic rings. The number of rotatable bonds is 4. The minimum atomic E-state index is 0.793. The first-order chi connectivity index (χ1) is 9.75. The van der Waals surface area contributed by atoms with E-state index >= 15 is 0 Å². The Bertz CT molecular complexity index is 722. The van der Waals surface area contributed by atoms with Gasteiger partial charge in [-0.05, 0) is 45.9 Å². The van der Waals surface area contributed by atoms with E-state index in [1.54, 1.807) is 0 Å². The van der Waals surface area contributed by atoms with Gasteiger partial charge in [-0.15, -0.1) is 0 Å². The van der Waals surface area contributed by atoms with Gasteiger partial charge in [-0.2, -0.15) is 0 Å². The lowest BCUT2D eigenvalue weighted by Crippen LogP contribution is -1.93. The van der Waals surface area contributed by atoms with Crippen LogP contribution in [-0.2, 0) is 6.42 Å². The summed E-state index contributed by atoms with van der Waals surface area (Å²) in [5, 5.41) is 5.56. The first-order valence-electron chi connectivity index (χ1n) is 7.65. The molecule has 20 heavy (non-hydrogen) atoms. The summed E-state index contributed by atoms with van der Waals surface area (Å²) in [6.45, 7) is 4.61. The number of aryl methyl sites for hydroxylation is 1. The van der Waals surface area contributed by atoms with Crippen molar-refractivity contribution in [2.45, 2.75) is 33.1 Å². The Labute approximate surface area is 121 Å². The van der Waals surface area contributed by atoms with Gasteiger partial charge in [-0.1, -0.05) is 74.9 Å². The van der Waals surface area contributed by atoms with Gasteiger partial charge in [-0.3, -0.25) is 0 Å². The Morgan fingerprint density at radius 3 is 2.20 bits per heavy atom. The lowest BCUT2D eigenvalue weighted by molar-refractivity contribution is 0.556. The maximum Gasteiger partial charge on any atom is -0.0103 e. The third-order valence-corrected chi connectivity index (χ3v) is 4.08. The molecule has 0 spiro atoms. The summed E-state index contributed by atoms with van der Waals surface area (Å²) >= 11 is 0. The van der Waals surface area contributed by atoms with Crippen molar-refractivity contribution >= 4 is 21.5 Å². The average Bonchev–Trinajstić information content (AvgIpc) is 2.47. The van der Waals surface area contributed by atoms with E-state index in [-0.39, 0.29) is 0 Å². The molecule has 0 atom stereocenters. The minimum Gasteiger partial charge on any atom is -0.0628 e. The maximum absolute atomic E-state index is 2.39. The van der Waals surface area contributed by atoms with Crippen LogP contribution in [0.2, 0.25) is 0 Å². The minimum absolute atomic E-state index is 0.793. The van der Waals surface area contributed by atoms with Crippen molar-refractivity contribution in [2.24, 2.45) is 5.92 Å². The standard InChI is InChI=1S/C20H22/c1-15(2)8-7-10-17-14-16-9-3-4-11-18(16)20-13-6-5-12-19(17)20/h3-6,9,11-15H,7-8,10H2,1-2H3. The molecule has 3 aromatic carbocycles. The predicted molar refractivity (Wildman–Crippen MR) is 89.2 cm³/mol. The van der Waals surface area contributed by atoms with Gasteiger partial charge in [0.1, 0.15) is 0 Å². The van der Waals surface area contributed by atoms with Crippen LogP contribution in [0.4, 0.5) is 0 Å². The molecule has 0 aliphatic rings. The highest BCUT2D eigenvalue weighted by atomic mass is 14.1. The molecule has 102 valence electrons. The molecule has 0 heteroatoms. The lowest BCUT2D eigenvalue weighted by atomic mass is 9.93. The fraction of sp³-hybridized carbons (Fsp3) is 0.300.